The van der Waals surface area contributed by atoms with Crippen LogP contribution in [0.2, 0.25) is 0 Å². The minimum Gasteiger partial charge on any atom is -0.494 e. The molecule has 1 aliphatic heterocycles. The highest BCUT2D eigenvalue weighted by Crippen LogP contribution is 2.23. The van der Waals surface area contributed by atoms with Crippen LogP contribution in [-0.4, -0.2) is 57.3 Å². The molecule has 2 aromatic rings. The smallest absolute Gasteiger partial charge is 0.251 e. The molecule has 1 aliphatic rings. The molecule has 0 aliphatic carbocycles. The van der Waals surface area contributed by atoms with E-state index >= 15 is 0 Å². The van der Waals surface area contributed by atoms with Gasteiger partial charge in [-0.25, -0.2) is 8.42 Å². The third kappa shape index (κ3) is 6.30. The van der Waals surface area contributed by atoms with E-state index in [1.807, 2.05) is 6.92 Å². The van der Waals surface area contributed by atoms with Crippen molar-refractivity contribution in [2.45, 2.75) is 24.7 Å². The van der Waals surface area contributed by atoms with Crippen molar-refractivity contribution in [1.82, 2.24) is 14.9 Å². The van der Waals surface area contributed by atoms with Crippen molar-refractivity contribution in [2.24, 2.45) is 5.92 Å². The molecule has 0 aromatic heterocycles. The first-order valence-corrected chi connectivity index (χ1v) is 12.2. The average molecular weight is 460 g/mol. The van der Waals surface area contributed by atoms with Gasteiger partial charge in [0.2, 0.25) is 15.9 Å². The van der Waals surface area contributed by atoms with Crippen LogP contribution in [0.15, 0.2) is 59.5 Å². The lowest BCUT2D eigenvalue weighted by molar-refractivity contribution is -0.120. The lowest BCUT2D eigenvalue weighted by Crippen LogP contribution is -2.43. The van der Waals surface area contributed by atoms with Crippen LogP contribution < -0.4 is 15.4 Å². The number of rotatable bonds is 9. The maximum Gasteiger partial charge on any atom is 0.251 e. The molecule has 8 nitrogen and oxygen atoms in total. The molecule has 32 heavy (non-hydrogen) atoms. The second-order valence-electron chi connectivity index (χ2n) is 7.60. The van der Waals surface area contributed by atoms with Gasteiger partial charge in [-0.3, -0.25) is 9.59 Å². The average Bonchev–Trinajstić information content (AvgIpc) is 2.82. The highest BCUT2D eigenvalue weighted by Gasteiger charge is 2.29. The molecule has 1 fully saturated rings. The standard InChI is InChI=1S/C23H29N3O5S/c1-2-31-20-10-8-19(9-11-20)23(28)25-17-22(27)24-16-18-12-14-26(15-13-18)32(29,30)21-6-4-3-5-7-21/h3-11,18H,2,12-17H2,1H3,(H,24,27)(H,25,28). The summed E-state index contributed by atoms with van der Waals surface area (Å²) in [5.41, 5.74) is 0.452. The van der Waals surface area contributed by atoms with Gasteiger partial charge in [-0.2, -0.15) is 4.31 Å². The number of ether oxygens (including phenoxy) is 1. The SMILES string of the molecule is CCOc1ccc(C(=O)NCC(=O)NCC2CCN(S(=O)(=O)c3ccccc3)CC2)cc1. The Kier molecular flexibility index (Phi) is 8.24. The van der Waals surface area contributed by atoms with Gasteiger partial charge in [0.15, 0.2) is 0 Å². The van der Waals surface area contributed by atoms with E-state index in [4.69, 9.17) is 4.74 Å². The van der Waals surface area contributed by atoms with Crippen molar-refractivity contribution in [2.75, 3.05) is 32.8 Å². The van der Waals surface area contributed by atoms with Gasteiger partial charge in [0.1, 0.15) is 5.75 Å². The van der Waals surface area contributed by atoms with Crippen LogP contribution in [0.25, 0.3) is 0 Å². The topological polar surface area (TPSA) is 105 Å². The van der Waals surface area contributed by atoms with Crippen molar-refractivity contribution in [3.63, 3.8) is 0 Å². The second kappa shape index (κ2) is 11.1. The van der Waals surface area contributed by atoms with Crippen molar-refractivity contribution in [1.29, 1.82) is 0 Å². The number of benzene rings is 2. The molecule has 0 radical (unpaired) electrons. The monoisotopic (exact) mass is 459 g/mol. The minimum atomic E-state index is -3.48. The maximum absolute atomic E-state index is 12.7. The summed E-state index contributed by atoms with van der Waals surface area (Å²) in [7, 11) is -3.48. The fraction of sp³-hybridized carbons (Fsp3) is 0.391. The quantitative estimate of drug-likeness (QED) is 0.597. The molecular formula is C23H29N3O5S. The van der Waals surface area contributed by atoms with Crippen LogP contribution in [0.4, 0.5) is 0 Å². The van der Waals surface area contributed by atoms with Gasteiger partial charge in [0.25, 0.3) is 5.91 Å². The summed E-state index contributed by atoms with van der Waals surface area (Å²) >= 11 is 0. The molecule has 0 spiro atoms. The number of piperidine rings is 1. The molecule has 0 atom stereocenters. The summed E-state index contributed by atoms with van der Waals surface area (Å²) < 4.78 is 32.2. The van der Waals surface area contributed by atoms with E-state index < -0.39 is 10.0 Å². The number of amides is 2. The van der Waals surface area contributed by atoms with E-state index in [1.54, 1.807) is 54.6 Å². The molecule has 3 rings (SSSR count). The highest BCUT2D eigenvalue weighted by atomic mass is 32.2. The molecule has 0 saturated carbocycles. The first kappa shape index (κ1) is 23.7. The Morgan fingerprint density at radius 1 is 1.00 bits per heavy atom. The fourth-order valence-corrected chi connectivity index (χ4v) is 5.04. The fourth-order valence-electron chi connectivity index (χ4n) is 3.55. The molecule has 172 valence electrons. The van der Waals surface area contributed by atoms with Crippen LogP contribution in [0.1, 0.15) is 30.1 Å². The molecule has 2 N–H and O–H groups in total. The second-order valence-corrected chi connectivity index (χ2v) is 9.54. The number of sulfonamides is 1. The van der Waals surface area contributed by atoms with Gasteiger partial charge in [0, 0.05) is 25.2 Å². The maximum atomic E-state index is 12.7. The third-order valence-corrected chi connectivity index (χ3v) is 7.29. The van der Waals surface area contributed by atoms with Gasteiger partial charge in [-0.15, -0.1) is 0 Å². The van der Waals surface area contributed by atoms with Gasteiger partial charge >= 0.3 is 0 Å². The zero-order chi connectivity index (χ0) is 23.0. The first-order chi connectivity index (χ1) is 15.4. The van der Waals surface area contributed by atoms with Gasteiger partial charge in [0.05, 0.1) is 18.0 Å². The predicted octanol–water partition coefficient (Wildman–Crippen LogP) is 2.03. The van der Waals surface area contributed by atoms with Crippen LogP contribution in [0.5, 0.6) is 5.75 Å². The first-order valence-electron chi connectivity index (χ1n) is 10.7. The van der Waals surface area contributed by atoms with Crippen LogP contribution in [0.3, 0.4) is 0 Å². The van der Waals surface area contributed by atoms with Crippen molar-refractivity contribution in [3.05, 3.63) is 60.2 Å². The Labute approximate surface area is 189 Å². The normalized spacial score (nSPS) is 15.2. The molecule has 0 unspecified atom stereocenters. The molecule has 0 bridgehead atoms. The predicted molar refractivity (Wildman–Crippen MR) is 121 cm³/mol. The van der Waals surface area contributed by atoms with Crippen LogP contribution >= 0.6 is 0 Å². The Balaban J connectivity index is 1.38. The Morgan fingerprint density at radius 2 is 1.66 bits per heavy atom. The van der Waals surface area contributed by atoms with Gasteiger partial charge < -0.3 is 15.4 Å². The van der Waals surface area contributed by atoms with Crippen molar-refractivity contribution >= 4 is 21.8 Å². The molecule has 2 amide bonds. The molecular weight excluding hydrogens is 430 g/mol. The molecule has 1 heterocycles. The summed E-state index contributed by atoms with van der Waals surface area (Å²) in [5, 5.41) is 5.43. The van der Waals surface area contributed by atoms with Gasteiger partial charge in [-0.05, 0) is 62.1 Å². The van der Waals surface area contributed by atoms with E-state index in [0.29, 0.717) is 55.3 Å². The number of hydrogen-bond donors (Lipinski definition) is 2. The number of hydrogen-bond acceptors (Lipinski definition) is 5. The van der Waals surface area contributed by atoms with E-state index in [9.17, 15) is 18.0 Å². The van der Waals surface area contributed by atoms with E-state index in [2.05, 4.69) is 10.6 Å². The van der Waals surface area contributed by atoms with Crippen molar-refractivity contribution in [3.8, 4) is 5.75 Å². The minimum absolute atomic E-state index is 0.118. The summed E-state index contributed by atoms with van der Waals surface area (Å²) in [6.07, 6.45) is 1.34. The molecule has 9 heteroatoms. The summed E-state index contributed by atoms with van der Waals surface area (Å²) in [4.78, 5) is 24.6. The lowest BCUT2D eigenvalue weighted by atomic mass is 9.98. The largest absolute Gasteiger partial charge is 0.494 e. The van der Waals surface area contributed by atoms with Crippen LogP contribution in [-0.2, 0) is 14.8 Å². The van der Waals surface area contributed by atoms with E-state index in [-0.39, 0.29) is 24.3 Å². The number of nitrogens with zero attached hydrogens (tertiary/aromatic N) is 1. The number of nitrogens with one attached hydrogen (secondary N) is 2. The third-order valence-electron chi connectivity index (χ3n) is 5.38. The summed E-state index contributed by atoms with van der Waals surface area (Å²) in [6.45, 7) is 3.62. The summed E-state index contributed by atoms with van der Waals surface area (Å²) in [5.74, 6) is 0.277. The van der Waals surface area contributed by atoms with Crippen molar-refractivity contribution < 1.29 is 22.7 Å². The number of carbonyl (C=O) groups is 2. The molecule has 2 aromatic carbocycles. The van der Waals surface area contributed by atoms with E-state index in [1.165, 1.54) is 4.31 Å². The van der Waals surface area contributed by atoms with Crippen LogP contribution in [0, 0.1) is 5.92 Å². The Hall–Kier alpha value is -2.91. The van der Waals surface area contributed by atoms with E-state index in [0.717, 1.165) is 0 Å². The summed E-state index contributed by atoms with van der Waals surface area (Å²) in [6, 6.07) is 15.1. The van der Waals surface area contributed by atoms with Gasteiger partial charge in [-0.1, -0.05) is 18.2 Å². The Bertz CT molecular complexity index is 1000. The number of carbonyl (C=O) groups excluding carboxylic acids is 2. The zero-order valence-electron chi connectivity index (χ0n) is 18.1. The highest BCUT2D eigenvalue weighted by molar-refractivity contribution is 7.89. The lowest BCUT2D eigenvalue weighted by Gasteiger charge is -2.31. The Morgan fingerprint density at radius 3 is 2.28 bits per heavy atom. The molecule has 1 saturated heterocycles. The zero-order valence-corrected chi connectivity index (χ0v) is 18.9.